The molecule has 3 aromatic rings. The van der Waals surface area contributed by atoms with Crippen LogP contribution in [-0.2, 0) is 10.0 Å². The molecule has 0 aliphatic carbocycles. The van der Waals surface area contributed by atoms with Crippen LogP contribution in [0.2, 0.25) is 0 Å². The normalized spacial score (nSPS) is 15.4. The van der Waals surface area contributed by atoms with Crippen LogP contribution in [0.4, 0.5) is 5.13 Å². The Morgan fingerprint density at radius 2 is 1.79 bits per heavy atom. The van der Waals surface area contributed by atoms with Crippen molar-refractivity contribution in [3.8, 4) is 17.0 Å². The van der Waals surface area contributed by atoms with Crippen molar-refractivity contribution in [1.29, 1.82) is 0 Å². The van der Waals surface area contributed by atoms with Gasteiger partial charge in [-0.2, -0.15) is 4.31 Å². The van der Waals surface area contributed by atoms with Crippen molar-refractivity contribution in [2.24, 2.45) is 0 Å². The molecule has 10 heteroatoms. The first-order valence-corrected chi connectivity index (χ1v) is 12.8. The maximum Gasteiger partial charge on any atom is 0.257 e. The number of ether oxygens (including phenoxy) is 1. The van der Waals surface area contributed by atoms with Gasteiger partial charge in [0.15, 0.2) is 5.13 Å². The summed E-state index contributed by atoms with van der Waals surface area (Å²) in [5.41, 5.74) is 1.97. The summed E-state index contributed by atoms with van der Waals surface area (Å²) in [6.45, 7) is 4.17. The molecule has 2 heterocycles. The van der Waals surface area contributed by atoms with E-state index in [2.05, 4.69) is 15.2 Å². The highest BCUT2D eigenvalue weighted by Gasteiger charge is 2.28. The van der Waals surface area contributed by atoms with Crippen molar-refractivity contribution in [3.63, 3.8) is 0 Å². The molecule has 0 radical (unpaired) electrons. The highest BCUT2D eigenvalue weighted by atomic mass is 32.2. The van der Waals surface area contributed by atoms with Gasteiger partial charge in [-0.1, -0.05) is 6.07 Å². The summed E-state index contributed by atoms with van der Waals surface area (Å²) in [4.78, 5) is 20.6. The van der Waals surface area contributed by atoms with Crippen LogP contribution >= 0.6 is 11.3 Å². The van der Waals surface area contributed by atoms with Crippen molar-refractivity contribution < 1.29 is 17.9 Å². The lowest BCUT2D eigenvalue weighted by Crippen LogP contribution is -2.47. The molecule has 1 fully saturated rings. The van der Waals surface area contributed by atoms with E-state index in [-0.39, 0.29) is 10.5 Å². The number of carbonyl (C=O) groups is 1. The lowest BCUT2D eigenvalue weighted by atomic mass is 10.1. The molecular formula is C23H26N4O4S2. The average Bonchev–Trinajstić information content (AvgIpc) is 3.19. The van der Waals surface area contributed by atoms with Crippen LogP contribution < -0.4 is 10.1 Å². The number of thiazole rings is 1. The summed E-state index contributed by atoms with van der Waals surface area (Å²) < 4.78 is 32.7. The molecule has 1 amide bonds. The molecule has 33 heavy (non-hydrogen) atoms. The SMILES string of the molecule is COc1ccc(-c2nc(NC(=O)c3cccc(S(=O)(=O)N4CCN(C)CC4)c3)sc2C)cc1. The molecule has 1 saturated heterocycles. The quantitative estimate of drug-likeness (QED) is 0.575. The van der Waals surface area contributed by atoms with Gasteiger partial charge in [0.1, 0.15) is 5.75 Å². The van der Waals surface area contributed by atoms with Gasteiger partial charge in [0, 0.05) is 42.2 Å². The topological polar surface area (TPSA) is 91.8 Å². The van der Waals surface area contributed by atoms with E-state index in [0.29, 0.717) is 31.3 Å². The van der Waals surface area contributed by atoms with Crippen LogP contribution in [-0.4, -0.2) is 68.9 Å². The molecule has 8 nitrogen and oxygen atoms in total. The Hall–Kier alpha value is -2.79. The number of likely N-dealkylation sites (N-methyl/N-ethyl adjacent to an activating group) is 1. The fourth-order valence-electron chi connectivity index (χ4n) is 3.61. The van der Waals surface area contributed by atoms with Gasteiger partial charge in [0.25, 0.3) is 5.91 Å². The number of aryl methyl sites for hydroxylation is 1. The second-order valence-corrected chi connectivity index (χ2v) is 11.0. The van der Waals surface area contributed by atoms with Crippen LogP contribution in [0.5, 0.6) is 5.75 Å². The van der Waals surface area contributed by atoms with Gasteiger partial charge in [0.05, 0.1) is 17.7 Å². The minimum atomic E-state index is -3.66. The molecule has 0 bridgehead atoms. The van der Waals surface area contributed by atoms with Crippen LogP contribution in [0.3, 0.4) is 0 Å². The number of aromatic nitrogens is 1. The first-order valence-electron chi connectivity index (χ1n) is 10.5. The smallest absolute Gasteiger partial charge is 0.257 e. The number of amides is 1. The van der Waals surface area contributed by atoms with Crippen LogP contribution in [0.15, 0.2) is 53.4 Å². The minimum absolute atomic E-state index is 0.119. The number of anilines is 1. The largest absolute Gasteiger partial charge is 0.497 e. The number of rotatable bonds is 6. The lowest BCUT2D eigenvalue weighted by Gasteiger charge is -2.31. The van der Waals surface area contributed by atoms with Gasteiger partial charge in [-0.15, -0.1) is 11.3 Å². The van der Waals surface area contributed by atoms with Crippen molar-refractivity contribution >= 4 is 32.4 Å². The summed E-state index contributed by atoms with van der Waals surface area (Å²) in [5.74, 6) is 0.354. The van der Waals surface area contributed by atoms with Crippen molar-refractivity contribution in [3.05, 3.63) is 59.0 Å². The first-order chi connectivity index (χ1) is 15.8. The van der Waals surface area contributed by atoms with Crippen LogP contribution in [0.25, 0.3) is 11.3 Å². The standard InChI is InChI=1S/C23H26N4O4S2/c1-16-21(17-7-9-19(31-3)10-8-17)24-23(32-16)25-22(28)18-5-4-6-20(15-18)33(29,30)27-13-11-26(2)12-14-27/h4-10,15H,11-14H2,1-3H3,(H,24,25,28). The van der Waals surface area contributed by atoms with Gasteiger partial charge in [0.2, 0.25) is 10.0 Å². The fraction of sp³-hybridized carbons (Fsp3) is 0.304. The molecule has 1 aliphatic rings. The number of nitrogens with zero attached hydrogens (tertiary/aromatic N) is 3. The molecule has 0 saturated carbocycles. The van der Waals surface area contributed by atoms with Crippen molar-refractivity contribution in [2.45, 2.75) is 11.8 Å². The molecule has 0 unspecified atom stereocenters. The number of methoxy groups -OCH3 is 1. The third-order valence-corrected chi connectivity index (χ3v) is 8.36. The van der Waals surface area contributed by atoms with Crippen LogP contribution in [0, 0.1) is 6.92 Å². The number of hydrogen-bond acceptors (Lipinski definition) is 7. The van der Waals surface area contributed by atoms with Crippen molar-refractivity contribution in [1.82, 2.24) is 14.2 Å². The zero-order valence-electron chi connectivity index (χ0n) is 18.7. The number of sulfonamides is 1. The van der Waals surface area contributed by atoms with E-state index in [1.807, 2.05) is 38.2 Å². The van der Waals surface area contributed by atoms with Gasteiger partial charge >= 0.3 is 0 Å². The zero-order valence-corrected chi connectivity index (χ0v) is 20.4. The summed E-state index contributed by atoms with van der Waals surface area (Å²) in [5, 5.41) is 3.26. The summed E-state index contributed by atoms with van der Waals surface area (Å²) >= 11 is 1.37. The summed E-state index contributed by atoms with van der Waals surface area (Å²) in [7, 11) is -0.0746. The maximum atomic E-state index is 13.0. The third-order valence-electron chi connectivity index (χ3n) is 5.58. The number of nitrogens with one attached hydrogen (secondary N) is 1. The minimum Gasteiger partial charge on any atom is -0.497 e. The Morgan fingerprint density at radius 1 is 1.09 bits per heavy atom. The highest BCUT2D eigenvalue weighted by molar-refractivity contribution is 7.89. The zero-order chi connectivity index (χ0) is 23.6. The number of benzene rings is 2. The van der Waals surface area contributed by atoms with E-state index in [4.69, 9.17) is 4.74 Å². The lowest BCUT2D eigenvalue weighted by molar-refractivity contribution is 0.102. The molecular weight excluding hydrogens is 460 g/mol. The van der Waals surface area contributed by atoms with Crippen LogP contribution in [0.1, 0.15) is 15.2 Å². The van der Waals surface area contributed by atoms with E-state index >= 15 is 0 Å². The number of carbonyl (C=O) groups excluding carboxylic acids is 1. The summed E-state index contributed by atoms with van der Waals surface area (Å²) in [6.07, 6.45) is 0. The molecule has 0 atom stereocenters. The number of piperazine rings is 1. The second kappa shape index (κ2) is 9.60. The average molecular weight is 487 g/mol. The molecule has 1 aliphatic heterocycles. The highest BCUT2D eigenvalue weighted by Crippen LogP contribution is 2.31. The van der Waals surface area contributed by atoms with Gasteiger partial charge in [-0.25, -0.2) is 13.4 Å². The Labute approximate surface area is 197 Å². The second-order valence-electron chi connectivity index (χ2n) is 7.84. The van der Waals surface area contributed by atoms with Gasteiger partial charge < -0.3 is 9.64 Å². The fourth-order valence-corrected chi connectivity index (χ4v) is 5.91. The van der Waals surface area contributed by atoms with E-state index in [0.717, 1.165) is 21.9 Å². The molecule has 174 valence electrons. The van der Waals surface area contributed by atoms with Gasteiger partial charge in [-0.05, 0) is 56.4 Å². The third kappa shape index (κ3) is 5.09. The Morgan fingerprint density at radius 3 is 2.45 bits per heavy atom. The molecule has 1 N–H and O–H groups in total. The first kappa shape index (κ1) is 23.4. The van der Waals surface area contributed by atoms with E-state index < -0.39 is 15.9 Å². The predicted molar refractivity (Wildman–Crippen MR) is 129 cm³/mol. The maximum absolute atomic E-state index is 13.0. The predicted octanol–water partition coefficient (Wildman–Crippen LogP) is 3.32. The van der Waals surface area contributed by atoms with E-state index in [1.54, 1.807) is 19.2 Å². The molecule has 1 aromatic heterocycles. The molecule has 0 spiro atoms. The van der Waals surface area contributed by atoms with Crippen molar-refractivity contribution in [2.75, 3.05) is 45.7 Å². The number of hydrogen-bond donors (Lipinski definition) is 1. The molecule has 2 aromatic carbocycles. The Bertz CT molecular complexity index is 1250. The Balaban J connectivity index is 1.51. The van der Waals surface area contributed by atoms with E-state index in [1.165, 1.54) is 27.8 Å². The summed E-state index contributed by atoms with van der Waals surface area (Å²) in [6, 6.07) is 13.7. The van der Waals surface area contributed by atoms with E-state index in [9.17, 15) is 13.2 Å². The molecule has 4 rings (SSSR count). The Kier molecular flexibility index (Phi) is 6.80. The monoisotopic (exact) mass is 486 g/mol. The van der Waals surface area contributed by atoms with Gasteiger partial charge in [-0.3, -0.25) is 10.1 Å².